The first-order valence-electron chi connectivity index (χ1n) is 7.38. The maximum absolute atomic E-state index is 12.7. The number of alkyl halides is 2. The fraction of sp³-hybridized carbons (Fsp3) is 0.412. The van der Waals surface area contributed by atoms with Gasteiger partial charge in [0.25, 0.3) is 0 Å². The second-order valence-corrected chi connectivity index (χ2v) is 7.78. The van der Waals surface area contributed by atoms with Crippen molar-refractivity contribution >= 4 is 45.9 Å². The number of H-pyrrole nitrogens is 1. The average molecular weight is 354 g/mol. The van der Waals surface area contributed by atoms with E-state index >= 15 is 0 Å². The highest BCUT2D eigenvalue weighted by molar-refractivity contribution is 6.53. The van der Waals surface area contributed by atoms with Crippen LogP contribution in [-0.2, 0) is 9.53 Å². The summed E-state index contributed by atoms with van der Waals surface area (Å²) in [5.41, 5.74) is 1.23. The van der Waals surface area contributed by atoms with Gasteiger partial charge in [-0.15, -0.1) is 23.2 Å². The topological polar surface area (TPSA) is 59.2 Å². The van der Waals surface area contributed by atoms with E-state index in [2.05, 4.69) is 4.98 Å². The Morgan fingerprint density at radius 2 is 1.91 bits per heavy atom. The van der Waals surface area contributed by atoms with E-state index in [0.717, 1.165) is 16.6 Å². The van der Waals surface area contributed by atoms with Crippen molar-refractivity contribution < 1.29 is 14.3 Å². The molecule has 3 rings (SSSR count). The van der Waals surface area contributed by atoms with Crippen molar-refractivity contribution in [1.29, 1.82) is 0 Å². The largest absolute Gasteiger partial charge is 0.454 e. The number of fused-ring (bicyclic) bond motifs is 1. The van der Waals surface area contributed by atoms with E-state index in [9.17, 15) is 9.59 Å². The van der Waals surface area contributed by atoms with E-state index in [1.807, 2.05) is 31.2 Å². The van der Waals surface area contributed by atoms with Gasteiger partial charge in [0.1, 0.15) is 9.75 Å². The van der Waals surface area contributed by atoms with Gasteiger partial charge in [-0.1, -0.05) is 18.2 Å². The predicted molar refractivity (Wildman–Crippen MR) is 90.1 cm³/mol. The number of rotatable bonds is 4. The summed E-state index contributed by atoms with van der Waals surface area (Å²) in [6.07, 6.45) is -0.573. The molecule has 1 N–H and O–H groups in total. The molecule has 1 aliphatic rings. The number of benzene rings is 1. The molecule has 0 radical (unpaired) electrons. The number of ketones is 1. The lowest BCUT2D eigenvalue weighted by molar-refractivity contribution is -0.152. The number of carbonyl (C=O) groups excluding carboxylic acids is 2. The van der Waals surface area contributed by atoms with Crippen LogP contribution in [0.25, 0.3) is 10.9 Å². The van der Waals surface area contributed by atoms with Crippen molar-refractivity contribution in [2.75, 3.05) is 0 Å². The smallest absolute Gasteiger partial charge is 0.315 e. The van der Waals surface area contributed by atoms with Gasteiger partial charge in [0.2, 0.25) is 5.78 Å². The van der Waals surface area contributed by atoms with Crippen molar-refractivity contribution in [2.24, 2.45) is 5.41 Å². The van der Waals surface area contributed by atoms with Crippen LogP contribution in [0.15, 0.2) is 24.3 Å². The summed E-state index contributed by atoms with van der Waals surface area (Å²) in [5.74, 6) is -0.784. The maximum atomic E-state index is 12.7. The molecule has 0 bridgehead atoms. The summed E-state index contributed by atoms with van der Waals surface area (Å²) >= 11 is 12.0. The van der Waals surface area contributed by atoms with Gasteiger partial charge in [0.05, 0.1) is 0 Å². The number of aromatic nitrogens is 1. The summed E-state index contributed by atoms with van der Waals surface area (Å²) in [6, 6.07) is 7.52. The Hall–Kier alpha value is -1.52. The molecule has 1 aromatic carbocycles. The Morgan fingerprint density at radius 3 is 2.52 bits per heavy atom. The zero-order chi connectivity index (χ0) is 17.0. The van der Waals surface area contributed by atoms with Gasteiger partial charge in [-0.25, -0.2) is 0 Å². The number of hydrogen-bond donors (Lipinski definition) is 1. The Bertz CT molecular complexity index is 811. The van der Waals surface area contributed by atoms with Crippen molar-refractivity contribution in [1.82, 2.24) is 4.98 Å². The second-order valence-electron chi connectivity index (χ2n) is 6.30. The highest BCUT2D eigenvalue weighted by atomic mass is 35.5. The molecule has 0 aliphatic heterocycles. The number of esters is 1. The van der Waals surface area contributed by atoms with E-state index in [4.69, 9.17) is 27.9 Å². The van der Waals surface area contributed by atoms with Gasteiger partial charge in [-0.05, 0) is 26.8 Å². The summed E-state index contributed by atoms with van der Waals surface area (Å²) in [7, 11) is 0. The molecule has 1 heterocycles. The molecule has 1 fully saturated rings. The van der Waals surface area contributed by atoms with Crippen LogP contribution in [0.5, 0.6) is 0 Å². The normalized spacial score (nSPS) is 23.5. The molecule has 1 aliphatic carbocycles. The number of halogens is 2. The monoisotopic (exact) mass is 353 g/mol. The SMILES string of the molecule is Cc1[nH]c2ccccc2c1C(=O)C(C)OC(=O)C1(C)CC1(Cl)Cl. The molecule has 2 atom stereocenters. The zero-order valence-corrected chi connectivity index (χ0v) is 14.6. The fourth-order valence-electron chi connectivity index (χ4n) is 2.76. The molecule has 4 nitrogen and oxygen atoms in total. The maximum Gasteiger partial charge on any atom is 0.315 e. The Labute approximate surface area is 144 Å². The van der Waals surface area contributed by atoms with E-state index < -0.39 is 21.8 Å². The van der Waals surface area contributed by atoms with Crippen LogP contribution >= 0.6 is 23.2 Å². The van der Waals surface area contributed by atoms with Crippen LogP contribution in [0.4, 0.5) is 0 Å². The van der Waals surface area contributed by atoms with Crippen LogP contribution in [0.1, 0.15) is 36.3 Å². The first kappa shape index (κ1) is 16.3. The lowest BCUT2D eigenvalue weighted by atomic mass is 10.0. The van der Waals surface area contributed by atoms with Crippen molar-refractivity contribution in [3.8, 4) is 0 Å². The zero-order valence-electron chi connectivity index (χ0n) is 13.1. The molecule has 2 unspecified atom stereocenters. The third-order valence-electron chi connectivity index (χ3n) is 4.50. The highest BCUT2D eigenvalue weighted by Crippen LogP contribution is 2.64. The quantitative estimate of drug-likeness (QED) is 0.509. The minimum atomic E-state index is -1.11. The third kappa shape index (κ3) is 2.54. The predicted octanol–water partition coefficient (Wildman–Crippen LogP) is 4.17. The summed E-state index contributed by atoms with van der Waals surface area (Å²) in [4.78, 5) is 28.1. The van der Waals surface area contributed by atoms with Gasteiger partial charge in [0, 0.05) is 28.6 Å². The number of aryl methyl sites for hydroxylation is 1. The molecule has 0 amide bonds. The van der Waals surface area contributed by atoms with E-state index in [-0.39, 0.29) is 5.78 Å². The van der Waals surface area contributed by atoms with Crippen molar-refractivity contribution in [3.63, 3.8) is 0 Å². The van der Waals surface area contributed by atoms with E-state index in [0.29, 0.717) is 12.0 Å². The number of aromatic amines is 1. The number of Topliss-reactive ketones (excluding diaryl/α,β-unsaturated/α-hetero) is 1. The van der Waals surface area contributed by atoms with Gasteiger partial charge < -0.3 is 9.72 Å². The van der Waals surface area contributed by atoms with Crippen LogP contribution in [0.2, 0.25) is 0 Å². The van der Waals surface area contributed by atoms with Crippen molar-refractivity contribution in [2.45, 2.75) is 37.6 Å². The Kier molecular flexibility index (Phi) is 3.73. The van der Waals surface area contributed by atoms with E-state index in [1.54, 1.807) is 13.8 Å². The summed E-state index contributed by atoms with van der Waals surface area (Å²) in [5, 5.41) is 0.819. The van der Waals surface area contributed by atoms with Crippen LogP contribution in [-0.4, -0.2) is 27.2 Å². The molecule has 2 aromatic rings. The summed E-state index contributed by atoms with van der Waals surface area (Å²) < 4.78 is 4.22. The standard InChI is InChI=1S/C17H17Cl2NO3/c1-9-13(11-6-4-5-7-12(11)20-9)14(21)10(2)23-15(22)16(3)8-17(16,18)19/h4-7,10,20H,8H2,1-3H3. The number of para-hydroxylation sites is 1. The Balaban J connectivity index is 1.83. The van der Waals surface area contributed by atoms with Gasteiger partial charge >= 0.3 is 5.97 Å². The molecule has 1 saturated carbocycles. The first-order chi connectivity index (χ1) is 10.7. The molecule has 0 spiro atoms. The molecule has 1 aromatic heterocycles. The second kappa shape index (κ2) is 5.25. The molecule has 6 heteroatoms. The van der Waals surface area contributed by atoms with Crippen molar-refractivity contribution in [3.05, 3.63) is 35.5 Å². The number of hydrogen-bond acceptors (Lipinski definition) is 3. The Morgan fingerprint density at radius 1 is 1.30 bits per heavy atom. The van der Waals surface area contributed by atoms with E-state index in [1.165, 1.54) is 0 Å². The minimum absolute atomic E-state index is 0.243. The molecule has 122 valence electrons. The highest BCUT2D eigenvalue weighted by Gasteiger charge is 2.69. The summed E-state index contributed by atoms with van der Waals surface area (Å²) in [6.45, 7) is 5.04. The lowest BCUT2D eigenvalue weighted by Gasteiger charge is -2.16. The van der Waals surface area contributed by atoms with Crippen LogP contribution < -0.4 is 0 Å². The fourth-order valence-corrected chi connectivity index (χ4v) is 3.45. The number of carbonyl (C=O) groups is 2. The van der Waals surface area contributed by atoms with Gasteiger partial charge in [-0.2, -0.15) is 0 Å². The number of nitrogens with one attached hydrogen (secondary N) is 1. The van der Waals surface area contributed by atoms with Gasteiger partial charge in [-0.3, -0.25) is 9.59 Å². The molecule has 0 saturated heterocycles. The third-order valence-corrected chi connectivity index (χ3v) is 5.60. The van der Waals surface area contributed by atoms with Gasteiger partial charge in [0.15, 0.2) is 6.10 Å². The molecular weight excluding hydrogens is 337 g/mol. The first-order valence-corrected chi connectivity index (χ1v) is 8.13. The van der Waals surface area contributed by atoms with Crippen LogP contribution in [0.3, 0.4) is 0 Å². The average Bonchev–Trinajstić information content (AvgIpc) is 2.85. The lowest BCUT2D eigenvalue weighted by Crippen LogP contribution is -2.30. The van der Waals surface area contributed by atoms with Crippen LogP contribution in [0, 0.1) is 12.3 Å². The minimum Gasteiger partial charge on any atom is -0.454 e. The number of ether oxygens (including phenoxy) is 1. The molecular formula is C17H17Cl2NO3. The molecule has 23 heavy (non-hydrogen) atoms.